The van der Waals surface area contributed by atoms with E-state index in [-0.39, 0.29) is 24.0 Å². The second-order valence-corrected chi connectivity index (χ2v) is 12.1. The van der Waals surface area contributed by atoms with Crippen LogP contribution in [0.25, 0.3) is 11.5 Å². The van der Waals surface area contributed by atoms with Crippen molar-refractivity contribution in [2.24, 2.45) is 0 Å². The fourth-order valence-corrected chi connectivity index (χ4v) is 9.17. The summed E-state index contributed by atoms with van der Waals surface area (Å²) in [6.07, 6.45) is 0. The van der Waals surface area contributed by atoms with Crippen LogP contribution in [-0.4, -0.2) is 31.3 Å². The lowest BCUT2D eigenvalue weighted by Crippen LogP contribution is -3.00. The first-order valence-corrected chi connectivity index (χ1v) is 14.1. The van der Waals surface area contributed by atoms with Gasteiger partial charge in [-0.3, -0.25) is 0 Å². The van der Waals surface area contributed by atoms with Crippen molar-refractivity contribution in [3.63, 3.8) is 0 Å². The molecule has 0 spiro atoms. The lowest BCUT2D eigenvalue weighted by atomic mass is 10.2. The summed E-state index contributed by atoms with van der Waals surface area (Å²) in [6.45, 7) is 2.89. The van der Waals surface area contributed by atoms with E-state index >= 15 is 0 Å². The van der Waals surface area contributed by atoms with Crippen LogP contribution in [0.2, 0.25) is 0 Å². The Morgan fingerprint density at radius 1 is 0.595 bits per heavy atom. The topological polar surface area (TPSA) is 38.5 Å². The van der Waals surface area contributed by atoms with Crippen LogP contribution < -0.4 is 50.2 Å². The standard InChI is InChI=1S/C31H28N2O2P.HI/c1-5-13-25(14-6-1)29-32-30(31(35-29)33-21-23-34-24-22-33)36(26-15-7-2-8-16-26,27-17-9-3-10-18-27)28-19-11-4-12-20-28;/h1-20H,21-24H2;1H/q+1;/p-1. The molecule has 0 saturated carbocycles. The molecule has 0 aliphatic carbocycles. The Labute approximate surface area is 235 Å². The number of hydrogen-bond acceptors (Lipinski definition) is 4. The highest BCUT2D eigenvalue weighted by Gasteiger charge is 2.53. The molecule has 1 aliphatic heterocycles. The predicted octanol–water partition coefficient (Wildman–Crippen LogP) is 1.80. The van der Waals surface area contributed by atoms with Crippen molar-refractivity contribution in [2.45, 2.75) is 0 Å². The number of morpholine rings is 1. The third-order valence-electron chi connectivity index (χ3n) is 6.66. The summed E-state index contributed by atoms with van der Waals surface area (Å²) in [5.74, 6) is 1.50. The predicted molar refractivity (Wildman–Crippen MR) is 150 cm³/mol. The maximum absolute atomic E-state index is 6.70. The molecule has 0 radical (unpaired) electrons. The Bertz CT molecular complexity index is 1310. The zero-order chi connectivity index (χ0) is 24.2. The summed E-state index contributed by atoms with van der Waals surface area (Å²) in [5.41, 5.74) is 1.98. The number of ether oxygens (including phenoxy) is 1. The van der Waals surface area contributed by atoms with Gasteiger partial charge in [-0.05, 0) is 48.5 Å². The maximum atomic E-state index is 6.70. The van der Waals surface area contributed by atoms with Crippen molar-refractivity contribution < 1.29 is 33.1 Å². The molecule has 6 rings (SSSR count). The zero-order valence-corrected chi connectivity index (χ0v) is 23.5. The van der Waals surface area contributed by atoms with Crippen LogP contribution in [0.5, 0.6) is 0 Å². The molecule has 4 nitrogen and oxygen atoms in total. The lowest BCUT2D eigenvalue weighted by molar-refractivity contribution is -0.00000815. The third kappa shape index (κ3) is 4.84. The Balaban J connectivity index is 0.00000280. The molecule has 0 bridgehead atoms. The highest BCUT2D eigenvalue weighted by atomic mass is 127. The molecule has 186 valence electrons. The number of anilines is 1. The molecule has 1 aromatic heterocycles. The van der Waals surface area contributed by atoms with Gasteiger partial charge in [0.15, 0.2) is 7.26 Å². The highest BCUT2D eigenvalue weighted by molar-refractivity contribution is 8.01. The van der Waals surface area contributed by atoms with Crippen LogP contribution in [0.4, 0.5) is 5.88 Å². The van der Waals surface area contributed by atoms with Crippen LogP contribution in [0.1, 0.15) is 0 Å². The number of rotatable bonds is 6. The first-order chi connectivity index (χ1) is 17.9. The molecule has 0 amide bonds. The minimum absolute atomic E-state index is 0. The molecule has 1 saturated heterocycles. The van der Waals surface area contributed by atoms with Crippen molar-refractivity contribution in [1.29, 1.82) is 0 Å². The van der Waals surface area contributed by atoms with Gasteiger partial charge in [-0.1, -0.05) is 72.8 Å². The van der Waals surface area contributed by atoms with Gasteiger partial charge in [0.1, 0.15) is 15.9 Å². The summed E-state index contributed by atoms with van der Waals surface area (Å²) < 4.78 is 12.4. The van der Waals surface area contributed by atoms with Gasteiger partial charge in [0.2, 0.25) is 5.89 Å². The summed E-state index contributed by atoms with van der Waals surface area (Å²) in [4.78, 5) is 7.66. The first kappa shape index (κ1) is 25.7. The summed E-state index contributed by atoms with van der Waals surface area (Å²) in [6, 6.07) is 42.7. The lowest BCUT2D eigenvalue weighted by Gasteiger charge is -2.30. The number of halogens is 1. The molecule has 0 N–H and O–H groups in total. The molecule has 2 heterocycles. The van der Waals surface area contributed by atoms with Gasteiger partial charge >= 0.3 is 0 Å². The Kier molecular flexibility index (Phi) is 8.04. The third-order valence-corrected chi connectivity index (χ3v) is 10.8. The van der Waals surface area contributed by atoms with E-state index < -0.39 is 7.26 Å². The monoisotopic (exact) mass is 618 g/mol. The van der Waals surface area contributed by atoms with Crippen molar-refractivity contribution in [2.75, 3.05) is 31.2 Å². The van der Waals surface area contributed by atoms with Gasteiger partial charge in [0.05, 0.1) is 13.2 Å². The fourth-order valence-electron chi connectivity index (χ4n) is 4.97. The number of benzene rings is 4. The van der Waals surface area contributed by atoms with Crippen LogP contribution in [0, 0.1) is 0 Å². The highest BCUT2D eigenvalue weighted by Crippen LogP contribution is 2.56. The molecule has 37 heavy (non-hydrogen) atoms. The van der Waals surface area contributed by atoms with Gasteiger partial charge in [0.25, 0.3) is 11.3 Å². The minimum atomic E-state index is -2.40. The van der Waals surface area contributed by atoms with E-state index in [4.69, 9.17) is 14.1 Å². The number of hydrogen-bond donors (Lipinski definition) is 0. The Morgan fingerprint density at radius 3 is 1.49 bits per heavy atom. The molecule has 5 aromatic rings. The zero-order valence-electron chi connectivity index (χ0n) is 20.4. The maximum Gasteiger partial charge on any atom is 0.262 e. The second kappa shape index (κ2) is 11.6. The second-order valence-electron chi connectivity index (χ2n) is 8.79. The van der Waals surface area contributed by atoms with Crippen molar-refractivity contribution in [3.8, 4) is 11.5 Å². The Hall–Kier alpha value is -2.99. The van der Waals surface area contributed by atoms with Gasteiger partial charge in [-0.15, -0.1) is 0 Å². The molecule has 0 atom stereocenters. The van der Waals surface area contributed by atoms with Gasteiger partial charge < -0.3 is 38.0 Å². The smallest absolute Gasteiger partial charge is 0.262 e. The Morgan fingerprint density at radius 2 is 1.03 bits per heavy atom. The van der Waals surface area contributed by atoms with E-state index in [2.05, 4.69) is 108 Å². The van der Waals surface area contributed by atoms with Crippen LogP contribution in [-0.2, 0) is 4.74 Å². The van der Waals surface area contributed by atoms with E-state index in [9.17, 15) is 0 Å². The fraction of sp³-hybridized carbons (Fsp3) is 0.129. The molecule has 6 heteroatoms. The molecule has 1 aliphatic rings. The molecular weight excluding hydrogens is 590 g/mol. The van der Waals surface area contributed by atoms with Gasteiger partial charge in [-0.25, -0.2) is 0 Å². The quantitative estimate of drug-likeness (QED) is 0.215. The van der Waals surface area contributed by atoms with E-state index in [1.807, 2.05) is 18.2 Å². The van der Waals surface area contributed by atoms with Crippen molar-refractivity contribution in [3.05, 3.63) is 121 Å². The molecule has 0 unspecified atom stereocenters. The first-order valence-electron chi connectivity index (χ1n) is 12.3. The van der Waals surface area contributed by atoms with Crippen LogP contribution in [0.15, 0.2) is 126 Å². The van der Waals surface area contributed by atoms with Crippen LogP contribution in [0.3, 0.4) is 0 Å². The summed E-state index contributed by atoms with van der Waals surface area (Å²) >= 11 is 0. The van der Waals surface area contributed by atoms with Crippen molar-refractivity contribution in [1.82, 2.24) is 4.98 Å². The molecule has 1 fully saturated rings. The molecule has 4 aromatic carbocycles. The van der Waals surface area contributed by atoms with Gasteiger partial charge in [-0.2, -0.15) is 4.98 Å². The van der Waals surface area contributed by atoms with E-state index in [1.54, 1.807) is 0 Å². The number of oxazole rings is 1. The number of nitrogens with zero attached hydrogens (tertiary/aromatic N) is 2. The van der Waals surface area contributed by atoms with E-state index in [1.165, 1.54) is 15.9 Å². The minimum Gasteiger partial charge on any atom is -1.00 e. The van der Waals surface area contributed by atoms with E-state index in [0.717, 1.165) is 30.0 Å². The van der Waals surface area contributed by atoms with Gasteiger partial charge in [0, 0.05) is 18.7 Å². The van der Waals surface area contributed by atoms with E-state index in [0.29, 0.717) is 19.1 Å². The SMILES string of the molecule is [I-].c1ccc(-c2nc([P+](c3ccccc3)(c3ccccc3)c3ccccc3)c(N3CCOCC3)o2)cc1. The normalized spacial score (nSPS) is 13.7. The number of aromatic nitrogens is 1. The van der Waals surface area contributed by atoms with Crippen molar-refractivity contribution >= 4 is 34.5 Å². The average Bonchev–Trinajstić information content (AvgIpc) is 3.42. The average molecular weight is 618 g/mol. The summed E-state index contributed by atoms with van der Waals surface area (Å²) in [5, 5.41) is 3.76. The van der Waals surface area contributed by atoms with Crippen LogP contribution >= 0.6 is 7.26 Å². The molecular formula is C31H28IN2O2P. The largest absolute Gasteiger partial charge is 1.00 e. The summed E-state index contributed by atoms with van der Waals surface area (Å²) in [7, 11) is -2.40.